The van der Waals surface area contributed by atoms with E-state index in [9.17, 15) is 19.5 Å². The van der Waals surface area contributed by atoms with Crippen LogP contribution in [0.3, 0.4) is 0 Å². The number of ketones is 3. The van der Waals surface area contributed by atoms with Gasteiger partial charge < -0.3 is 5.11 Å². The van der Waals surface area contributed by atoms with Crippen molar-refractivity contribution in [1.82, 2.24) is 0 Å². The van der Waals surface area contributed by atoms with Gasteiger partial charge in [-0.05, 0) is 39.8 Å². The number of rotatable bonds is 7. The summed E-state index contributed by atoms with van der Waals surface area (Å²) in [7, 11) is 0. The van der Waals surface area contributed by atoms with Gasteiger partial charge in [-0.25, -0.2) is 0 Å². The third-order valence-corrected chi connectivity index (χ3v) is 3.22. The number of carbonyl (C=O) groups is 3. The van der Waals surface area contributed by atoms with Crippen LogP contribution in [0.2, 0.25) is 0 Å². The average Bonchev–Trinajstić information content (AvgIpc) is 2.47. The van der Waals surface area contributed by atoms with Gasteiger partial charge in [-0.3, -0.25) is 24.4 Å². The molecule has 0 spiro atoms. The van der Waals surface area contributed by atoms with Crippen molar-refractivity contribution < 1.29 is 19.5 Å². The van der Waals surface area contributed by atoms with E-state index >= 15 is 0 Å². The van der Waals surface area contributed by atoms with Crippen molar-refractivity contribution in [3.05, 3.63) is 35.6 Å². The van der Waals surface area contributed by atoms with Crippen molar-refractivity contribution in [1.29, 1.82) is 0 Å². The molecule has 1 rings (SSSR count). The minimum Gasteiger partial charge on any atom is -0.512 e. The number of para-hydroxylation sites is 2. The van der Waals surface area contributed by atoms with E-state index in [-0.39, 0.29) is 28.7 Å². The zero-order chi connectivity index (χ0) is 18.3. The Kier molecular flexibility index (Phi) is 6.92. The second kappa shape index (κ2) is 8.67. The fraction of sp³-hybridized carbons (Fsp3) is 0.278. The first-order valence-electron chi connectivity index (χ1n) is 7.33. The van der Waals surface area contributed by atoms with Crippen molar-refractivity contribution in [2.24, 2.45) is 15.9 Å². The van der Waals surface area contributed by atoms with E-state index in [1.165, 1.54) is 40.1 Å². The number of aliphatic imine (C=N–C) groups is 2. The van der Waals surface area contributed by atoms with Crippen LogP contribution >= 0.6 is 0 Å². The topological polar surface area (TPSA) is 96.2 Å². The average molecular weight is 328 g/mol. The molecule has 0 saturated carbocycles. The number of aliphatic hydroxyl groups is 1. The Balaban J connectivity index is 3.18. The van der Waals surface area contributed by atoms with Gasteiger partial charge >= 0.3 is 0 Å². The molecule has 0 amide bonds. The molecule has 0 aromatic heterocycles. The summed E-state index contributed by atoms with van der Waals surface area (Å²) in [5.74, 6) is -1.90. The van der Waals surface area contributed by atoms with Crippen molar-refractivity contribution in [3.63, 3.8) is 0 Å². The maximum absolute atomic E-state index is 11.4. The second-order valence-corrected chi connectivity index (χ2v) is 5.28. The molecule has 1 N–H and O–H groups in total. The van der Waals surface area contributed by atoms with E-state index in [0.29, 0.717) is 11.4 Å². The van der Waals surface area contributed by atoms with Gasteiger partial charge in [-0.2, -0.15) is 0 Å². The molecule has 0 aliphatic rings. The molecular formula is C18H20N2O4. The maximum Gasteiger partial charge on any atom is 0.164 e. The standard InChI is InChI=1S/C18H20N2O4/c1-11(21)15(12(2)22)9-19-17-7-5-6-8-18(17)20-10-16(13(3)23)14(4)24/h5-10,15,23H,1-4H3. The molecule has 126 valence electrons. The van der Waals surface area contributed by atoms with E-state index in [1.54, 1.807) is 24.3 Å². The summed E-state index contributed by atoms with van der Waals surface area (Å²) >= 11 is 0. The largest absolute Gasteiger partial charge is 0.512 e. The number of benzene rings is 1. The minimum absolute atomic E-state index is 0.0964. The predicted octanol–water partition coefficient (Wildman–Crippen LogP) is 3.31. The first kappa shape index (κ1) is 19.2. The van der Waals surface area contributed by atoms with Crippen LogP contribution < -0.4 is 0 Å². The minimum atomic E-state index is -0.894. The van der Waals surface area contributed by atoms with Gasteiger partial charge in [0, 0.05) is 12.4 Å². The zero-order valence-corrected chi connectivity index (χ0v) is 14.1. The van der Waals surface area contributed by atoms with E-state index < -0.39 is 5.92 Å². The number of carbonyl (C=O) groups excluding carboxylic acids is 3. The smallest absolute Gasteiger partial charge is 0.164 e. The molecule has 0 aliphatic heterocycles. The number of nitrogens with zero attached hydrogens (tertiary/aromatic N) is 2. The van der Waals surface area contributed by atoms with Gasteiger partial charge in [0.25, 0.3) is 0 Å². The lowest BCUT2D eigenvalue weighted by Crippen LogP contribution is -2.20. The number of hydrogen-bond donors (Lipinski definition) is 1. The Hall–Kier alpha value is -2.89. The second-order valence-electron chi connectivity index (χ2n) is 5.28. The van der Waals surface area contributed by atoms with Gasteiger partial charge in [-0.1, -0.05) is 12.1 Å². The third-order valence-electron chi connectivity index (χ3n) is 3.22. The van der Waals surface area contributed by atoms with Crippen molar-refractivity contribution >= 4 is 41.2 Å². The molecule has 6 heteroatoms. The quantitative estimate of drug-likeness (QED) is 0.359. The molecule has 1 aromatic carbocycles. The highest BCUT2D eigenvalue weighted by Crippen LogP contribution is 2.27. The van der Waals surface area contributed by atoms with E-state index in [0.717, 1.165) is 0 Å². The first-order chi connectivity index (χ1) is 11.2. The van der Waals surface area contributed by atoms with Crippen LogP contribution in [0.15, 0.2) is 45.6 Å². The number of hydrogen-bond acceptors (Lipinski definition) is 6. The van der Waals surface area contributed by atoms with Gasteiger partial charge in [0.05, 0.1) is 16.9 Å². The normalized spacial score (nSPS) is 12.7. The Labute approximate surface area is 140 Å². The Morgan fingerprint density at radius 3 is 1.88 bits per heavy atom. The zero-order valence-electron chi connectivity index (χ0n) is 14.1. The van der Waals surface area contributed by atoms with E-state index in [1.807, 2.05) is 0 Å². The molecule has 24 heavy (non-hydrogen) atoms. The molecule has 0 saturated heterocycles. The molecule has 0 unspecified atom stereocenters. The predicted molar refractivity (Wildman–Crippen MR) is 93.6 cm³/mol. The number of Topliss-reactive ketones (excluding diaryl/α,β-unsaturated/α-hetero) is 3. The van der Waals surface area contributed by atoms with Crippen LogP contribution in [0.5, 0.6) is 0 Å². The Morgan fingerprint density at radius 1 is 0.958 bits per heavy atom. The van der Waals surface area contributed by atoms with Crippen LogP contribution in [0.4, 0.5) is 11.4 Å². The fourth-order valence-corrected chi connectivity index (χ4v) is 1.91. The lowest BCUT2D eigenvalue weighted by molar-refractivity contribution is -0.127. The van der Waals surface area contributed by atoms with Crippen molar-refractivity contribution in [3.8, 4) is 0 Å². The van der Waals surface area contributed by atoms with Gasteiger partial charge in [0.1, 0.15) is 23.2 Å². The van der Waals surface area contributed by atoms with E-state index in [4.69, 9.17) is 0 Å². The number of aliphatic hydroxyl groups excluding tert-OH is 1. The SMILES string of the molecule is CC(=O)C(C=Nc1ccccc1N=CC(C(C)=O)C(C)=O)=C(C)O. The maximum atomic E-state index is 11.4. The molecule has 0 heterocycles. The number of allylic oxidation sites excluding steroid dienone is 2. The summed E-state index contributed by atoms with van der Waals surface area (Å²) in [6.07, 6.45) is 2.55. The highest BCUT2D eigenvalue weighted by molar-refractivity contribution is 6.14. The lowest BCUT2D eigenvalue weighted by atomic mass is 10.0. The Morgan fingerprint density at radius 2 is 1.46 bits per heavy atom. The monoisotopic (exact) mass is 328 g/mol. The molecule has 0 radical (unpaired) electrons. The molecule has 6 nitrogen and oxygen atoms in total. The highest BCUT2D eigenvalue weighted by Gasteiger charge is 2.16. The summed E-state index contributed by atoms with van der Waals surface area (Å²) in [6.45, 7) is 5.39. The molecule has 0 atom stereocenters. The molecule has 0 aliphatic carbocycles. The van der Waals surface area contributed by atoms with Gasteiger partial charge in [0.15, 0.2) is 5.78 Å². The van der Waals surface area contributed by atoms with Crippen LogP contribution in [0.25, 0.3) is 0 Å². The lowest BCUT2D eigenvalue weighted by Gasteiger charge is -2.04. The van der Waals surface area contributed by atoms with Crippen molar-refractivity contribution in [2.45, 2.75) is 27.7 Å². The molecule has 0 bridgehead atoms. The van der Waals surface area contributed by atoms with Crippen LogP contribution in [0.1, 0.15) is 27.7 Å². The highest BCUT2D eigenvalue weighted by atomic mass is 16.3. The van der Waals surface area contributed by atoms with Crippen LogP contribution in [0, 0.1) is 5.92 Å². The summed E-state index contributed by atoms with van der Waals surface area (Å²) in [4.78, 5) is 42.7. The summed E-state index contributed by atoms with van der Waals surface area (Å²) < 4.78 is 0. The van der Waals surface area contributed by atoms with Crippen LogP contribution in [-0.2, 0) is 14.4 Å². The molecular weight excluding hydrogens is 308 g/mol. The summed E-state index contributed by atoms with van der Waals surface area (Å²) in [5, 5.41) is 9.49. The summed E-state index contributed by atoms with van der Waals surface area (Å²) in [5.41, 5.74) is 0.985. The first-order valence-corrected chi connectivity index (χ1v) is 7.33. The van der Waals surface area contributed by atoms with Crippen molar-refractivity contribution in [2.75, 3.05) is 0 Å². The Bertz CT molecular complexity index is 727. The van der Waals surface area contributed by atoms with E-state index in [2.05, 4.69) is 9.98 Å². The molecule has 0 fully saturated rings. The van der Waals surface area contributed by atoms with Gasteiger partial charge in [-0.15, -0.1) is 0 Å². The van der Waals surface area contributed by atoms with Gasteiger partial charge in [0.2, 0.25) is 0 Å². The molecule has 1 aromatic rings. The van der Waals surface area contributed by atoms with Crippen LogP contribution in [-0.4, -0.2) is 34.9 Å². The summed E-state index contributed by atoms with van der Waals surface area (Å²) in [6, 6.07) is 6.82. The third kappa shape index (κ3) is 5.39. The fourth-order valence-electron chi connectivity index (χ4n) is 1.91.